The van der Waals surface area contributed by atoms with Gasteiger partial charge in [0.1, 0.15) is 5.82 Å². The highest BCUT2D eigenvalue weighted by molar-refractivity contribution is 5.97. The minimum absolute atomic E-state index is 0.0810. The van der Waals surface area contributed by atoms with Gasteiger partial charge in [-0.2, -0.15) is 0 Å². The second kappa shape index (κ2) is 6.82. The molecule has 1 aliphatic rings. The van der Waals surface area contributed by atoms with Crippen LogP contribution in [0.2, 0.25) is 0 Å². The summed E-state index contributed by atoms with van der Waals surface area (Å²) < 4.78 is 0. The third-order valence-corrected chi connectivity index (χ3v) is 3.69. The molecule has 2 rings (SSSR count). The zero-order chi connectivity index (χ0) is 15.4. The third-order valence-electron chi connectivity index (χ3n) is 3.69. The molecule has 0 spiro atoms. The van der Waals surface area contributed by atoms with Crippen LogP contribution in [0.5, 0.6) is 0 Å². The van der Waals surface area contributed by atoms with Crippen LogP contribution >= 0.6 is 0 Å². The molecule has 0 atom stereocenters. The molecule has 0 aliphatic carbocycles. The van der Waals surface area contributed by atoms with Gasteiger partial charge in [0.2, 0.25) is 0 Å². The smallest absolute Gasteiger partial charge is 0.274 e. The first-order chi connectivity index (χ1) is 10.0. The average Bonchev–Trinajstić information content (AvgIpc) is 2.70. The van der Waals surface area contributed by atoms with Crippen molar-refractivity contribution in [2.24, 2.45) is 5.84 Å². The van der Waals surface area contributed by atoms with Gasteiger partial charge in [-0.3, -0.25) is 10.6 Å². The van der Waals surface area contributed by atoms with E-state index in [2.05, 4.69) is 27.3 Å². The molecule has 2 heterocycles. The number of aromatic nitrogens is 2. The summed E-state index contributed by atoms with van der Waals surface area (Å²) in [5.74, 6) is 6.23. The highest BCUT2D eigenvalue weighted by Gasteiger charge is 2.23. The van der Waals surface area contributed by atoms with Gasteiger partial charge in [0.15, 0.2) is 5.69 Å². The predicted molar refractivity (Wildman–Crippen MR) is 81.9 cm³/mol. The van der Waals surface area contributed by atoms with Gasteiger partial charge in [0.25, 0.3) is 5.91 Å². The number of carbonyl (C=O) groups is 1. The summed E-state index contributed by atoms with van der Waals surface area (Å²) in [5.41, 5.74) is 3.36. The molecule has 1 aromatic heterocycles. The zero-order valence-electron chi connectivity index (χ0n) is 13.0. The fraction of sp³-hybridized carbons (Fsp3) is 0.643. The molecule has 0 unspecified atom stereocenters. The van der Waals surface area contributed by atoms with Gasteiger partial charge in [-0.05, 0) is 20.0 Å². The van der Waals surface area contributed by atoms with Gasteiger partial charge in [-0.25, -0.2) is 9.97 Å². The monoisotopic (exact) mass is 292 g/mol. The van der Waals surface area contributed by atoms with Crippen LogP contribution in [-0.2, 0) is 0 Å². The van der Waals surface area contributed by atoms with Crippen LogP contribution in [0.15, 0.2) is 6.20 Å². The van der Waals surface area contributed by atoms with Crippen LogP contribution in [0.4, 0.5) is 5.69 Å². The van der Waals surface area contributed by atoms with Crippen LogP contribution in [-0.4, -0.2) is 58.9 Å². The van der Waals surface area contributed by atoms with E-state index >= 15 is 0 Å². The molecule has 0 saturated carbocycles. The SMILES string of the molecule is CC(C)c1ncc(NN)c(C(=O)N2CCCN(C)CC2)n1. The summed E-state index contributed by atoms with van der Waals surface area (Å²) in [5, 5.41) is 0. The van der Waals surface area contributed by atoms with Gasteiger partial charge in [-0.15, -0.1) is 0 Å². The van der Waals surface area contributed by atoms with Crippen LogP contribution in [0, 0.1) is 0 Å². The van der Waals surface area contributed by atoms with Gasteiger partial charge in [0, 0.05) is 25.6 Å². The molecule has 21 heavy (non-hydrogen) atoms. The van der Waals surface area contributed by atoms with Crippen molar-refractivity contribution < 1.29 is 4.79 Å². The maximum Gasteiger partial charge on any atom is 0.274 e. The second-order valence-corrected chi connectivity index (χ2v) is 5.74. The number of rotatable bonds is 3. The number of nitrogens with one attached hydrogen (secondary N) is 1. The van der Waals surface area contributed by atoms with Crippen LogP contribution in [0.25, 0.3) is 0 Å². The Labute approximate surface area is 125 Å². The van der Waals surface area contributed by atoms with Crippen LogP contribution < -0.4 is 11.3 Å². The Morgan fingerprint density at radius 2 is 2.10 bits per heavy atom. The second-order valence-electron chi connectivity index (χ2n) is 5.74. The first-order valence-electron chi connectivity index (χ1n) is 7.34. The van der Waals surface area contributed by atoms with Gasteiger partial charge in [-0.1, -0.05) is 13.8 Å². The number of nitrogens with zero attached hydrogens (tertiary/aromatic N) is 4. The first-order valence-corrected chi connectivity index (χ1v) is 7.34. The topological polar surface area (TPSA) is 87.4 Å². The lowest BCUT2D eigenvalue weighted by molar-refractivity contribution is 0.0757. The van der Waals surface area contributed by atoms with E-state index in [1.807, 2.05) is 18.7 Å². The lowest BCUT2D eigenvalue weighted by Crippen LogP contribution is -2.36. The largest absolute Gasteiger partial charge is 0.336 e. The first kappa shape index (κ1) is 15.7. The number of hydrazine groups is 1. The fourth-order valence-corrected chi connectivity index (χ4v) is 2.34. The molecule has 116 valence electrons. The molecule has 0 bridgehead atoms. The van der Waals surface area contributed by atoms with Crippen molar-refractivity contribution >= 4 is 11.6 Å². The Hall–Kier alpha value is -1.73. The van der Waals surface area contributed by atoms with Crippen LogP contribution in [0.1, 0.15) is 42.5 Å². The quantitative estimate of drug-likeness (QED) is 0.629. The summed E-state index contributed by atoms with van der Waals surface area (Å²) in [6, 6.07) is 0. The summed E-state index contributed by atoms with van der Waals surface area (Å²) in [4.78, 5) is 25.5. The van der Waals surface area contributed by atoms with E-state index in [9.17, 15) is 4.79 Å². The van der Waals surface area contributed by atoms with Crippen molar-refractivity contribution in [2.75, 3.05) is 38.7 Å². The van der Waals surface area contributed by atoms with E-state index in [0.29, 0.717) is 23.8 Å². The number of nitrogen functional groups attached to an aromatic ring is 1. The van der Waals surface area contributed by atoms with Crippen molar-refractivity contribution in [3.05, 3.63) is 17.7 Å². The van der Waals surface area contributed by atoms with Crippen molar-refractivity contribution in [3.63, 3.8) is 0 Å². The molecule has 1 aliphatic heterocycles. The summed E-state index contributed by atoms with van der Waals surface area (Å²) in [7, 11) is 2.07. The maximum atomic E-state index is 12.7. The van der Waals surface area contributed by atoms with Crippen molar-refractivity contribution in [3.8, 4) is 0 Å². The van der Waals surface area contributed by atoms with Gasteiger partial charge < -0.3 is 15.2 Å². The highest BCUT2D eigenvalue weighted by Crippen LogP contribution is 2.18. The standard InChI is InChI=1S/C14H24N6O/c1-10(2)13-16-9-11(18-15)12(17-13)14(21)20-6-4-5-19(3)7-8-20/h9-10,18H,4-8,15H2,1-3H3. The number of hydrogen-bond donors (Lipinski definition) is 2. The lowest BCUT2D eigenvalue weighted by atomic mass is 10.2. The normalized spacial score (nSPS) is 16.9. The summed E-state index contributed by atoms with van der Waals surface area (Å²) in [6.07, 6.45) is 2.55. The summed E-state index contributed by atoms with van der Waals surface area (Å²) in [6.45, 7) is 7.33. The Morgan fingerprint density at radius 3 is 2.76 bits per heavy atom. The number of likely N-dealkylation sites (N-methyl/N-ethyl adjacent to an activating group) is 1. The van der Waals surface area contributed by atoms with Crippen molar-refractivity contribution in [1.29, 1.82) is 0 Å². The Morgan fingerprint density at radius 1 is 1.33 bits per heavy atom. The minimum Gasteiger partial charge on any atom is -0.336 e. The van der Waals surface area contributed by atoms with Crippen molar-refractivity contribution in [1.82, 2.24) is 19.8 Å². The van der Waals surface area contributed by atoms with E-state index in [4.69, 9.17) is 5.84 Å². The van der Waals surface area contributed by atoms with Gasteiger partial charge >= 0.3 is 0 Å². The highest BCUT2D eigenvalue weighted by atomic mass is 16.2. The van der Waals surface area contributed by atoms with Crippen molar-refractivity contribution in [2.45, 2.75) is 26.2 Å². The molecule has 1 saturated heterocycles. The molecular weight excluding hydrogens is 268 g/mol. The number of amides is 1. The molecule has 7 heteroatoms. The van der Waals surface area contributed by atoms with E-state index in [1.54, 1.807) is 6.20 Å². The molecule has 7 nitrogen and oxygen atoms in total. The van der Waals surface area contributed by atoms with Gasteiger partial charge in [0.05, 0.1) is 11.9 Å². The molecule has 1 amide bonds. The zero-order valence-corrected chi connectivity index (χ0v) is 13.0. The average molecular weight is 292 g/mol. The third kappa shape index (κ3) is 3.68. The van der Waals surface area contributed by atoms with E-state index in [1.165, 1.54) is 0 Å². The maximum absolute atomic E-state index is 12.7. The lowest BCUT2D eigenvalue weighted by Gasteiger charge is -2.21. The molecule has 3 N–H and O–H groups in total. The van der Waals surface area contributed by atoms with E-state index in [0.717, 1.165) is 26.1 Å². The van der Waals surface area contributed by atoms with E-state index in [-0.39, 0.29) is 11.8 Å². The summed E-state index contributed by atoms with van der Waals surface area (Å²) >= 11 is 0. The Bertz CT molecular complexity index is 504. The molecule has 1 fully saturated rings. The minimum atomic E-state index is -0.0810. The number of hydrogen-bond acceptors (Lipinski definition) is 6. The molecule has 0 aromatic carbocycles. The number of carbonyl (C=O) groups excluding carboxylic acids is 1. The van der Waals surface area contributed by atoms with Crippen LogP contribution in [0.3, 0.4) is 0 Å². The number of nitrogens with two attached hydrogens (primary N) is 1. The Kier molecular flexibility index (Phi) is 5.08. The molecule has 0 radical (unpaired) electrons. The number of anilines is 1. The molecule has 1 aromatic rings. The van der Waals surface area contributed by atoms with E-state index < -0.39 is 0 Å². The molecular formula is C14H24N6O. The Balaban J connectivity index is 2.26. The fourth-order valence-electron chi connectivity index (χ4n) is 2.34. The predicted octanol–water partition coefficient (Wildman–Crippen LogP) is 0.663.